The summed E-state index contributed by atoms with van der Waals surface area (Å²) in [7, 11) is 0. The zero-order valence-electron chi connectivity index (χ0n) is 23.7. The summed E-state index contributed by atoms with van der Waals surface area (Å²) in [5.74, 6) is -0.358. The van der Waals surface area contributed by atoms with Crippen LogP contribution in [0.15, 0.2) is 66.7 Å². The fourth-order valence-corrected chi connectivity index (χ4v) is 6.11. The number of esters is 1. The minimum Gasteiger partial charge on any atom is -0.466 e. The summed E-state index contributed by atoms with van der Waals surface area (Å²) < 4.78 is 7.33. The summed E-state index contributed by atoms with van der Waals surface area (Å²) in [5, 5.41) is 9.76. The highest BCUT2D eigenvalue weighted by Gasteiger charge is 2.37. The fraction of sp³-hybridized carbons (Fsp3) is 0.406. The summed E-state index contributed by atoms with van der Waals surface area (Å²) in [5.41, 5.74) is 4.29. The summed E-state index contributed by atoms with van der Waals surface area (Å²) in [6, 6.07) is 21.6. The lowest BCUT2D eigenvalue weighted by molar-refractivity contribution is -0.149. The van der Waals surface area contributed by atoms with E-state index in [4.69, 9.17) is 4.74 Å². The second-order valence-corrected chi connectivity index (χ2v) is 10.8. The molecule has 0 spiro atoms. The van der Waals surface area contributed by atoms with E-state index in [1.807, 2.05) is 85.5 Å². The lowest BCUT2D eigenvalue weighted by atomic mass is 9.96. The Morgan fingerprint density at radius 1 is 0.927 bits per heavy atom. The second kappa shape index (κ2) is 12.6. The number of benzene rings is 2. The third-order valence-corrected chi connectivity index (χ3v) is 8.17. The van der Waals surface area contributed by atoms with Crippen LogP contribution in [0.4, 0.5) is 4.79 Å². The van der Waals surface area contributed by atoms with Crippen LogP contribution in [0.2, 0.25) is 0 Å². The van der Waals surface area contributed by atoms with Crippen molar-refractivity contribution >= 4 is 18.0 Å². The molecule has 3 heterocycles. The average Bonchev–Trinajstić information content (AvgIpc) is 3.35. The number of ether oxygens (including phenoxy) is 1. The number of carboxylic acid groups (broad SMARTS) is 1. The van der Waals surface area contributed by atoms with Crippen molar-refractivity contribution in [1.29, 1.82) is 0 Å². The molecule has 0 bridgehead atoms. The number of likely N-dealkylation sites (tertiary alicyclic amines) is 1. The van der Waals surface area contributed by atoms with Crippen LogP contribution in [0.25, 0.3) is 16.9 Å². The number of hydrogen-bond acceptors (Lipinski definition) is 5. The van der Waals surface area contributed by atoms with Gasteiger partial charge in [-0.1, -0.05) is 48.5 Å². The van der Waals surface area contributed by atoms with Crippen molar-refractivity contribution in [3.05, 3.63) is 78.0 Å². The van der Waals surface area contributed by atoms with Crippen LogP contribution in [0.5, 0.6) is 0 Å². The number of rotatable bonds is 7. The van der Waals surface area contributed by atoms with Crippen LogP contribution in [-0.2, 0) is 9.53 Å². The highest BCUT2D eigenvalue weighted by molar-refractivity contribution is 6.01. The van der Waals surface area contributed by atoms with Crippen molar-refractivity contribution in [3.8, 4) is 16.9 Å². The number of aromatic nitrogens is 1. The van der Waals surface area contributed by atoms with Gasteiger partial charge in [0.25, 0.3) is 5.91 Å². The lowest BCUT2D eigenvalue weighted by Crippen LogP contribution is -2.60. The van der Waals surface area contributed by atoms with E-state index in [1.54, 1.807) is 0 Å². The number of aryl methyl sites for hydroxylation is 1. The third kappa shape index (κ3) is 6.15. The topological polar surface area (TPSA) is 95.3 Å². The Kier molecular flexibility index (Phi) is 8.73. The number of amides is 2. The van der Waals surface area contributed by atoms with E-state index in [-0.39, 0.29) is 36.9 Å². The first-order valence-corrected chi connectivity index (χ1v) is 14.4. The second-order valence-electron chi connectivity index (χ2n) is 10.8. The molecule has 2 saturated heterocycles. The first-order valence-electron chi connectivity index (χ1n) is 14.4. The summed E-state index contributed by atoms with van der Waals surface area (Å²) in [4.78, 5) is 44.0. The van der Waals surface area contributed by atoms with Gasteiger partial charge < -0.3 is 29.1 Å². The van der Waals surface area contributed by atoms with Gasteiger partial charge in [0.15, 0.2) is 0 Å². The highest BCUT2D eigenvalue weighted by Crippen LogP contribution is 2.33. The molecule has 3 aromatic rings. The molecule has 1 atom stereocenters. The summed E-state index contributed by atoms with van der Waals surface area (Å²) in [6.07, 6.45) is 0.415. The number of carbonyl (C=O) groups excluding carboxylic acids is 2. The van der Waals surface area contributed by atoms with Gasteiger partial charge in [-0.15, -0.1) is 0 Å². The Labute approximate surface area is 240 Å². The van der Waals surface area contributed by atoms with Crippen LogP contribution >= 0.6 is 0 Å². The van der Waals surface area contributed by atoms with Crippen molar-refractivity contribution in [2.75, 3.05) is 45.9 Å². The van der Waals surface area contributed by atoms with Gasteiger partial charge in [0.1, 0.15) is 0 Å². The maximum atomic E-state index is 14.4. The summed E-state index contributed by atoms with van der Waals surface area (Å²) in [6.45, 7) is 6.97. The van der Waals surface area contributed by atoms with E-state index < -0.39 is 6.09 Å². The Balaban J connectivity index is 1.44. The zero-order chi connectivity index (χ0) is 28.9. The molecule has 2 fully saturated rings. The van der Waals surface area contributed by atoms with E-state index in [0.29, 0.717) is 51.2 Å². The van der Waals surface area contributed by atoms with E-state index >= 15 is 0 Å². The third-order valence-electron chi connectivity index (χ3n) is 8.17. The van der Waals surface area contributed by atoms with E-state index in [9.17, 15) is 19.5 Å². The van der Waals surface area contributed by atoms with E-state index in [1.165, 1.54) is 4.90 Å². The fourth-order valence-electron chi connectivity index (χ4n) is 6.11. The number of carbonyl (C=O) groups is 3. The van der Waals surface area contributed by atoms with E-state index in [2.05, 4.69) is 9.47 Å². The molecule has 1 aromatic heterocycles. The van der Waals surface area contributed by atoms with Crippen LogP contribution in [0.1, 0.15) is 35.8 Å². The van der Waals surface area contributed by atoms with Gasteiger partial charge in [-0.25, -0.2) is 4.79 Å². The van der Waals surface area contributed by atoms with Crippen molar-refractivity contribution in [2.45, 2.75) is 32.7 Å². The zero-order valence-corrected chi connectivity index (χ0v) is 23.7. The molecular weight excluding hydrogens is 520 g/mol. The van der Waals surface area contributed by atoms with Crippen LogP contribution in [0, 0.1) is 12.8 Å². The van der Waals surface area contributed by atoms with Crippen molar-refractivity contribution < 1.29 is 24.2 Å². The molecule has 2 aromatic carbocycles. The van der Waals surface area contributed by atoms with Gasteiger partial charge in [-0.05, 0) is 63.5 Å². The first-order chi connectivity index (χ1) is 19.9. The predicted molar refractivity (Wildman–Crippen MR) is 156 cm³/mol. The minimum absolute atomic E-state index is 0.0990. The molecule has 1 unspecified atom stereocenters. The standard InChI is InChI=1S/C32H38N4O5/c1-3-41-31(38)25-14-16-33(17-15-25)21-27-22-34(32(39)40)18-19-35(27)30(37)28-20-23(2)36(26-12-8-5-9-13-26)29(28)24-10-6-4-7-11-24/h4-13,20,25,27H,3,14-19,21-22H2,1-2H3,(H,39,40). The van der Waals surface area contributed by atoms with E-state index in [0.717, 1.165) is 22.6 Å². The number of piperazine rings is 1. The molecule has 5 rings (SSSR count). The normalized spacial score (nSPS) is 18.3. The molecule has 9 heteroatoms. The minimum atomic E-state index is -0.973. The smallest absolute Gasteiger partial charge is 0.407 e. The van der Waals surface area contributed by atoms with Gasteiger partial charge in [-0.3, -0.25) is 9.59 Å². The Hall–Kier alpha value is -4.11. The molecule has 216 valence electrons. The molecule has 0 saturated carbocycles. The molecule has 41 heavy (non-hydrogen) atoms. The Bertz CT molecular complexity index is 1370. The number of nitrogens with zero attached hydrogens (tertiary/aromatic N) is 4. The van der Waals surface area contributed by atoms with Gasteiger partial charge in [0, 0.05) is 37.6 Å². The van der Waals surface area contributed by atoms with Crippen molar-refractivity contribution in [3.63, 3.8) is 0 Å². The van der Waals surface area contributed by atoms with Gasteiger partial charge in [0.05, 0.1) is 29.8 Å². The quantitative estimate of drug-likeness (QED) is 0.428. The van der Waals surface area contributed by atoms with Crippen LogP contribution < -0.4 is 0 Å². The highest BCUT2D eigenvalue weighted by atomic mass is 16.5. The molecule has 2 aliphatic rings. The van der Waals surface area contributed by atoms with Crippen molar-refractivity contribution in [2.24, 2.45) is 5.92 Å². The molecule has 0 radical (unpaired) electrons. The van der Waals surface area contributed by atoms with Crippen LogP contribution in [-0.4, -0.2) is 94.3 Å². The monoisotopic (exact) mass is 558 g/mol. The van der Waals surface area contributed by atoms with Crippen molar-refractivity contribution in [1.82, 2.24) is 19.3 Å². The number of para-hydroxylation sites is 1. The molecule has 1 N–H and O–H groups in total. The molecule has 2 aliphatic heterocycles. The SMILES string of the molecule is CCOC(=O)C1CCN(CC2CN(C(=O)O)CCN2C(=O)c2cc(C)n(-c3ccccc3)c2-c2ccccc2)CC1. The van der Waals surface area contributed by atoms with Gasteiger partial charge >= 0.3 is 12.1 Å². The maximum Gasteiger partial charge on any atom is 0.407 e. The molecule has 2 amide bonds. The molecule has 0 aliphatic carbocycles. The van der Waals surface area contributed by atoms with Gasteiger partial charge in [0.2, 0.25) is 0 Å². The lowest BCUT2D eigenvalue weighted by Gasteiger charge is -2.43. The average molecular weight is 559 g/mol. The molecule has 9 nitrogen and oxygen atoms in total. The number of hydrogen-bond donors (Lipinski definition) is 1. The van der Waals surface area contributed by atoms with Crippen LogP contribution in [0.3, 0.4) is 0 Å². The number of piperidine rings is 1. The first kappa shape index (κ1) is 28.4. The molecular formula is C32H38N4O5. The summed E-state index contributed by atoms with van der Waals surface area (Å²) >= 11 is 0. The Morgan fingerprint density at radius 2 is 1.59 bits per heavy atom. The predicted octanol–water partition coefficient (Wildman–Crippen LogP) is 4.53. The Morgan fingerprint density at radius 3 is 2.22 bits per heavy atom. The van der Waals surface area contributed by atoms with Gasteiger partial charge in [-0.2, -0.15) is 0 Å². The largest absolute Gasteiger partial charge is 0.466 e. The maximum absolute atomic E-state index is 14.4.